The quantitative estimate of drug-likeness (QED) is 0.878. The van der Waals surface area contributed by atoms with Gasteiger partial charge in [0.2, 0.25) is 5.91 Å². The Labute approximate surface area is 148 Å². The van der Waals surface area contributed by atoms with Crippen LogP contribution in [0.4, 0.5) is 0 Å². The second-order valence-electron chi connectivity index (χ2n) is 5.37. The van der Waals surface area contributed by atoms with E-state index in [0.29, 0.717) is 6.54 Å². The minimum atomic E-state index is -0.135. The molecule has 0 spiro atoms. The fraction of sp³-hybridized carbons (Fsp3) is 0.375. The highest BCUT2D eigenvalue weighted by Crippen LogP contribution is 2.16. The molecule has 0 fully saturated rings. The third-order valence-corrected chi connectivity index (χ3v) is 3.97. The number of aromatic nitrogens is 2. The topological polar surface area (TPSA) is 59.0 Å². The van der Waals surface area contributed by atoms with Crippen LogP contribution >= 0.6 is 24.8 Å². The second-order valence-corrected chi connectivity index (χ2v) is 5.37. The van der Waals surface area contributed by atoms with Crippen LogP contribution < -0.4 is 10.6 Å². The standard InChI is InChI=1S/C16H20N4O.2ClH/c1-12-17-6-8-20(12)9-7-18-16(21)15-10-13-4-2-3-5-14(13)11-19-15;;/h2-6,8,15,19H,7,9-11H2,1H3,(H,18,21);2*1H. The van der Waals surface area contributed by atoms with Gasteiger partial charge in [-0.1, -0.05) is 24.3 Å². The SMILES string of the molecule is Cc1nccn1CCNC(=O)C1Cc2ccccc2CN1.Cl.Cl. The summed E-state index contributed by atoms with van der Waals surface area (Å²) in [5.41, 5.74) is 2.55. The molecule has 1 unspecified atom stereocenters. The van der Waals surface area contributed by atoms with Crippen molar-refractivity contribution < 1.29 is 4.79 Å². The lowest BCUT2D eigenvalue weighted by atomic mass is 9.95. The summed E-state index contributed by atoms with van der Waals surface area (Å²) in [4.78, 5) is 16.4. The van der Waals surface area contributed by atoms with Crippen LogP contribution in [0.5, 0.6) is 0 Å². The van der Waals surface area contributed by atoms with Gasteiger partial charge < -0.3 is 15.2 Å². The van der Waals surface area contributed by atoms with Gasteiger partial charge in [0.05, 0.1) is 6.04 Å². The number of carbonyl (C=O) groups excluding carboxylic acids is 1. The predicted molar refractivity (Wildman–Crippen MR) is 95.2 cm³/mol. The third kappa shape index (κ3) is 4.70. The molecule has 0 saturated heterocycles. The molecule has 1 atom stereocenters. The first kappa shape index (κ1) is 19.5. The van der Waals surface area contributed by atoms with Crippen molar-refractivity contribution in [1.82, 2.24) is 20.2 Å². The molecule has 1 aromatic carbocycles. The van der Waals surface area contributed by atoms with Crippen molar-refractivity contribution in [3.8, 4) is 0 Å². The van der Waals surface area contributed by atoms with Crippen molar-refractivity contribution in [3.63, 3.8) is 0 Å². The molecule has 2 aromatic rings. The average molecular weight is 357 g/mol. The van der Waals surface area contributed by atoms with Crippen LogP contribution in [-0.4, -0.2) is 28.0 Å². The second kappa shape index (κ2) is 8.91. The molecule has 1 aliphatic rings. The predicted octanol–water partition coefficient (Wildman–Crippen LogP) is 1.87. The van der Waals surface area contributed by atoms with Crippen LogP contribution in [0, 0.1) is 6.92 Å². The molecule has 1 aromatic heterocycles. The zero-order chi connectivity index (χ0) is 14.7. The highest BCUT2D eigenvalue weighted by atomic mass is 35.5. The van der Waals surface area contributed by atoms with Crippen LogP contribution in [0.1, 0.15) is 17.0 Å². The molecule has 1 amide bonds. The molecule has 126 valence electrons. The van der Waals surface area contributed by atoms with Gasteiger partial charge in [0, 0.05) is 32.0 Å². The Morgan fingerprint density at radius 1 is 1.35 bits per heavy atom. The molecule has 1 aliphatic heterocycles. The van der Waals surface area contributed by atoms with Crippen LogP contribution in [0.2, 0.25) is 0 Å². The fourth-order valence-electron chi connectivity index (χ4n) is 2.70. The largest absolute Gasteiger partial charge is 0.353 e. The van der Waals surface area contributed by atoms with Gasteiger partial charge in [-0.25, -0.2) is 4.98 Å². The highest BCUT2D eigenvalue weighted by molar-refractivity contribution is 5.85. The average Bonchev–Trinajstić information content (AvgIpc) is 2.92. The van der Waals surface area contributed by atoms with E-state index in [-0.39, 0.29) is 36.8 Å². The molecular formula is C16H22Cl2N4O. The summed E-state index contributed by atoms with van der Waals surface area (Å²) in [5.74, 6) is 1.04. The van der Waals surface area contributed by atoms with Gasteiger partial charge in [-0.2, -0.15) is 0 Å². The number of benzene rings is 1. The first-order valence-electron chi connectivity index (χ1n) is 7.29. The normalized spacial score (nSPS) is 15.8. The molecule has 3 rings (SSSR count). The third-order valence-electron chi connectivity index (χ3n) is 3.97. The Hall–Kier alpha value is -1.56. The molecule has 7 heteroatoms. The number of nitrogens with zero attached hydrogens (tertiary/aromatic N) is 2. The minimum Gasteiger partial charge on any atom is -0.353 e. The summed E-state index contributed by atoms with van der Waals surface area (Å²) in [7, 11) is 0. The molecule has 23 heavy (non-hydrogen) atoms. The molecule has 5 nitrogen and oxygen atoms in total. The lowest BCUT2D eigenvalue weighted by Gasteiger charge is -2.25. The lowest BCUT2D eigenvalue weighted by molar-refractivity contribution is -0.123. The Balaban J connectivity index is 0.00000132. The van der Waals surface area contributed by atoms with Gasteiger partial charge >= 0.3 is 0 Å². The van der Waals surface area contributed by atoms with E-state index in [1.165, 1.54) is 11.1 Å². The summed E-state index contributed by atoms with van der Waals surface area (Å²) in [6.45, 7) is 4.09. The van der Waals surface area contributed by atoms with Crippen molar-refractivity contribution >= 4 is 30.7 Å². The Kier molecular flexibility index (Phi) is 7.55. The smallest absolute Gasteiger partial charge is 0.237 e. The summed E-state index contributed by atoms with van der Waals surface area (Å²) in [5, 5.41) is 6.30. The first-order valence-corrected chi connectivity index (χ1v) is 7.29. The van der Waals surface area contributed by atoms with Crippen molar-refractivity contribution in [1.29, 1.82) is 0 Å². The first-order chi connectivity index (χ1) is 10.2. The summed E-state index contributed by atoms with van der Waals surface area (Å²) < 4.78 is 2.03. The highest BCUT2D eigenvalue weighted by Gasteiger charge is 2.23. The van der Waals surface area contributed by atoms with Gasteiger partial charge in [-0.15, -0.1) is 24.8 Å². The monoisotopic (exact) mass is 356 g/mol. The number of halogens is 2. The van der Waals surface area contributed by atoms with E-state index in [0.717, 1.165) is 25.3 Å². The van der Waals surface area contributed by atoms with Gasteiger partial charge in [0.25, 0.3) is 0 Å². The molecule has 0 bridgehead atoms. The maximum absolute atomic E-state index is 12.2. The van der Waals surface area contributed by atoms with Crippen molar-refractivity contribution in [3.05, 3.63) is 53.6 Å². The molecule has 2 heterocycles. The Morgan fingerprint density at radius 2 is 2.09 bits per heavy atom. The zero-order valence-corrected chi connectivity index (χ0v) is 14.6. The molecule has 0 saturated carbocycles. The number of carbonyl (C=O) groups is 1. The van der Waals surface area contributed by atoms with E-state index < -0.39 is 0 Å². The molecule has 0 aliphatic carbocycles. The Bertz CT molecular complexity index is 645. The number of rotatable bonds is 4. The maximum Gasteiger partial charge on any atom is 0.237 e. The summed E-state index contributed by atoms with van der Waals surface area (Å²) in [6, 6.07) is 8.14. The lowest BCUT2D eigenvalue weighted by Crippen LogP contribution is -2.48. The molecular weight excluding hydrogens is 335 g/mol. The molecule has 0 radical (unpaired) electrons. The summed E-state index contributed by atoms with van der Waals surface area (Å²) in [6.07, 6.45) is 4.46. The van der Waals surface area contributed by atoms with E-state index >= 15 is 0 Å². The van der Waals surface area contributed by atoms with E-state index in [1.54, 1.807) is 6.20 Å². The van der Waals surface area contributed by atoms with Crippen molar-refractivity contribution in [2.75, 3.05) is 6.54 Å². The number of aryl methyl sites for hydroxylation is 1. The number of amides is 1. The van der Waals surface area contributed by atoms with E-state index in [4.69, 9.17) is 0 Å². The Morgan fingerprint density at radius 3 is 2.78 bits per heavy atom. The zero-order valence-electron chi connectivity index (χ0n) is 13.0. The number of hydrogen-bond donors (Lipinski definition) is 2. The van der Waals surface area contributed by atoms with E-state index in [9.17, 15) is 4.79 Å². The fourth-order valence-corrected chi connectivity index (χ4v) is 2.70. The van der Waals surface area contributed by atoms with Crippen LogP contribution in [0.3, 0.4) is 0 Å². The van der Waals surface area contributed by atoms with Gasteiger partial charge in [-0.3, -0.25) is 4.79 Å². The van der Waals surface area contributed by atoms with Crippen LogP contribution in [0.15, 0.2) is 36.7 Å². The number of fused-ring (bicyclic) bond motifs is 1. The summed E-state index contributed by atoms with van der Waals surface area (Å²) >= 11 is 0. The number of hydrogen-bond acceptors (Lipinski definition) is 3. The van der Waals surface area contributed by atoms with Crippen molar-refractivity contribution in [2.24, 2.45) is 0 Å². The minimum absolute atomic E-state index is 0. The van der Waals surface area contributed by atoms with Crippen LogP contribution in [-0.2, 0) is 24.3 Å². The van der Waals surface area contributed by atoms with Crippen molar-refractivity contribution in [2.45, 2.75) is 32.5 Å². The maximum atomic E-state index is 12.2. The van der Waals surface area contributed by atoms with Gasteiger partial charge in [0.1, 0.15) is 5.82 Å². The van der Waals surface area contributed by atoms with Gasteiger partial charge in [-0.05, 0) is 24.5 Å². The van der Waals surface area contributed by atoms with Gasteiger partial charge in [0.15, 0.2) is 0 Å². The van der Waals surface area contributed by atoms with Crippen LogP contribution in [0.25, 0.3) is 0 Å². The van der Waals surface area contributed by atoms with E-state index in [1.807, 2.05) is 29.8 Å². The van der Waals surface area contributed by atoms with E-state index in [2.05, 4.69) is 27.8 Å². The number of nitrogens with one attached hydrogen (secondary N) is 2. The molecule has 2 N–H and O–H groups in total. The number of imidazole rings is 1.